The normalized spacial score (nSPS) is 24.5. The summed E-state index contributed by atoms with van der Waals surface area (Å²) >= 11 is 1.90. The van der Waals surface area contributed by atoms with Crippen molar-refractivity contribution in [2.75, 3.05) is 5.75 Å². The second-order valence-electron chi connectivity index (χ2n) is 12.1. The predicted octanol–water partition coefficient (Wildman–Crippen LogP) is 7.17. The zero-order chi connectivity index (χ0) is 28.7. The van der Waals surface area contributed by atoms with Gasteiger partial charge in [0, 0.05) is 39.8 Å². The molecule has 2 aromatic carbocycles. The molecule has 3 aliphatic heterocycles. The van der Waals surface area contributed by atoms with Crippen LogP contribution in [0.4, 0.5) is 4.79 Å². The summed E-state index contributed by atoms with van der Waals surface area (Å²) in [4.78, 5) is 27.8. The van der Waals surface area contributed by atoms with Crippen LogP contribution in [0.1, 0.15) is 70.4 Å². The minimum atomic E-state index is -0.340. The number of carbonyl (C=O) groups excluding carboxylic acids is 2. The van der Waals surface area contributed by atoms with Gasteiger partial charge < -0.3 is 25.1 Å². The largest absolute Gasteiger partial charge is 0.482 e. The fraction of sp³-hybridized carbons (Fsp3) is 0.455. The van der Waals surface area contributed by atoms with E-state index in [1.54, 1.807) is 0 Å². The fourth-order valence-electron chi connectivity index (χ4n) is 6.28. The second-order valence-corrected chi connectivity index (χ2v) is 13.4. The molecule has 4 heterocycles. The molecule has 3 aliphatic rings. The number of unbranched alkanes of at least 4 members (excludes halogenated alkanes) is 1. The Bertz CT molecular complexity index is 1570. The van der Waals surface area contributed by atoms with E-state index in [1.165, 1.54) is 5.57 Å². The number of carbonyl (C=O) groups is 2. The van der Waals surface area contributed by atoms with Crippen molar-refractivity contribution in [2.45, 2.75) is 89.2 Å². The van der Waals surface area contributed by atoms with Crippen LogP contribution in [0.3, 0.4) is 0 Å². The first-order chi connectivity index (χ1) is 19.7. The molecule has 0 spiro atoms. The number of ether oxygens (including phenoxy) is 2. The van der Waals surface area contributed by atoms with Gasteiger partial charge in [0.2, 0.25) is 0 Å². The minimum Gasteiger partial charge on any atom is -0.482 e. The van der Waals surface area contributed by atoms with Gasteiger partial charge in [0.1, 0.15) is 17.1 Å². The maximum atomic E-state index is 12.6. The molecule has 216 valence electrons. The summed E-state index contributed by atoms with van der Waals surface area (Å²) in [6.07, 6.45) is 11.6. The van der Waals surface area contributed by atoms with Crippen molar-refractivity contribution in [3.05, 3.63) is 53.1 Å². The van der Waals surface area contributed by atoms with Crippen LogP contribution >= 0.6 is 11.8 Å². The van der Waals surface area contributed by atoms with Crippen molar-refractivity contribution in [2.24, 2.45) is 0 Å². The van der Waals surface area contributed by atoms with Crippen molar-refractivity contribution in [3.8, 4) is 11.5 Å². The number of aromatic amines is 1. The Labute approximate surface area is 245 Å². The summed E-state index contributed by atoms with van der Waals surface area (Å²) in [6.45, 7) is 8.51. The number of hydrogen-bond donors (Lipinski definition) is 3. The number of allylic oxidation sites excluding steroid dienone is 2. The summed E-state index contributed by atoms with van der Waals surface area (Å²) in [7, 11) is 0. The average molecular weight is 574 g/mol. The number of fused-ring (bicyclic) bond motifs is 6. The predicted molar refractivity (Wildman–Crippen MR) is 167 cm³/mol. The Hall–Kier alpha value is -3.39. The van der Waals surface area contributed by atoms with E-state index in [-0.39, 0.29) is 29.7 Å². The molecule has 6 rings (SSSR count). The van der Waals surface area contributed by atoms with E-state index in [0.29, 0.717) is 17.4 Å². The highest BCUT2D eigenvalue weighted by Gasteiger charge is 2.42. The van der Waals surface area contributed by atoms with Crippen LogP contribution in [0, 0.1) is 6.92 Å². The van der Waals surface area contributed by atoms with Crippen LogP contribution < -0.4 is 20.1 Å². The van der Waals surface area contributed by atoms with E-state index < -0.39 is 0 Å². The smallest absolute Gasteiger partial charge is 0.315 e. The first-order valence-corrected chi connectivity index (χ1v) is 15.7. The maximum absolute atomic E-state index is 12.6. The zero-order valence-corrected chi connectivity index (χ0v) is 25.1. The third-order valence-corrected chi connectivity index (χ3v) is 9.97. The second kappa shape index (κ2) is 11.1. The Morgan fingerprint density at radius 2 is 2.05 bits per heavy atom. The topological polar surface area (TPSA) is 92.5 Å². The Kier molecular flexibility index (Phi) is 7.53. The third-order valence-electron chi connectivity index (χ3n) is 8.46. The van der Waals surface area contributed by atoms with E-state index in [9.17, 15) is 9.59 Å². The van der Waals surface area contributed by atoms with Crippen molar-refractivity contribution in [1.82, 2.24) is 15.6 Å². The van der Waals surface area contributed by atoms with Crippen molar-refractivity contribution in [1.29, 1.82) is 0 Å². The van der Waals surface area contributed by atoms with Crippen LogP contribution in [-0.2, 0) is 4.79 Å². The molecule has 0 saturated carbocycles. The third kappa shape index (κ3) is 5.71. The molecular formula is C33H39N3O4S. The fourth-order valence-corrected chi connectivity index (χ4v) is 7.82. The monoisotopic (exact) mass is 573 g/mol. The molecule has 2 saturated heterocycles. The molecule has 0 unspecified atom stereocenters. The van der Waals surface area contributed by atoms with Gasteiger partial charge in [0.25, 0.3) is 0 Å². The first-order valence-electron chi connectivity index (χ1n) is 14.7. The van der Waals surface area contributed by atoms with Gasteiger partial charge in [-0.2, -0.15) is 11.8 Å². The maximum Gasteiger partial charge on any atom is 0.315 e. The molecule has 0 aliphatic carbocycles. The van der Waals surface area contributed by atoms with Crippen molar-refractivity contribution in [3.63, 3.8) is 0 Å². The van der Waals surface area contributed by atoms with Gasteiger partial charge in [-0.1, -0.05) is 18.1 Å². The number of aryl methyl sites for hydroxylation is 1. The van der Waals surface area contributed by atoms with Crippen LogP contribution in [0.5, 0.6) is 11.5 Å². The standard InChI is InChI=1S/C33H39N3O4S/c1-19(2)8-7-14-33(4)15-13-23-29-24(16-20(3)31(23)40-33)22-12-11-21(17-25(22)34-29)39-28(37)10-6-5-9-27-30-26(18-41-27)35-32(38)36-30/h8,11-13,15-17,26-27,30,34H,5-7,9-10,14,18H2,1-4H3,(H2,35,36,38)/t26-,27-,30-,33-/m0/s1. The van der Waals surface area contributed by atoms with Gasteiger partial charge in [-0.15, -0.1) is 0 Å². The molecular weight excluding hydrogens is 534 g/mol. The van der Waals surface area contributed by atoms with Gasteiger partial charge in [-0.05, 0) is 89.3 Å². The van der Waals surface area contributed by atoms with Gasteiger partial charge >= 0.3 is 12.0 Å². The number of esters is 1. The van der Waals surface area contributed by atoms with E-state index in [2.05, 4.69) is 67.6 Å². The lowest BCUT2D eigenvalue weighted by molar-refractivity contribution is -0.134. The molecule has 2 amide bonds. The summed E-state index contributed by atoms with van der Waals surface area (Å²) in [5.74, 6) is 2.21. The minimum absolute atomic E-state index is 0.0608. The molecule has 0 bridgehead atoms. The van der Waals surface area contributed by atoms with Gasteiger partial charge in [-0.25, -0.2) is 4.79 Å². The highest BCUT2D eigenvalue weighted by atomic mass is 32.2. The lowest BCUT2D eigenvalue weighted by atomic mass is 9.92. The Morgan fingerprint density at radius 3 is 2.88 bits per heavy atom. The van der Waals surface area contributed by atoms with Crippen LogP contribution in [0.2, 0.25) is 0 Å². The number of amides is 2. The first kappa shape index (κ1) is 27.8. The lowest BCUT2D eigenvalue weighted by Gasteiger charge is -2.32. The van der Waals surface area contributed by atoms with Crippen LogP contribution in [0.25, 0.3) is 27.9 Å². The summed E-state index contributed by atoms with van der Waals surface area (Å²) in [5.41, 5.74) is 5.13. The SMILES string of the molecule is CC(C)=CCC[C@@]1(C)C=Cc2c(c(C)cc3c2[nH]c2cc(OC(=O)CCCC[C@@H]4SC[C@@H]5NC(=O)N[C@@H]54)ccc23)O1. The number of benzene rings is 2. The van der Waals surface area contributed by atoms with Crippen LogP contribution in [-0.4, -0.2) is 45.7 Å². The van der Waals surface area contributed by atoms with E-state index >= 15 is 0 Å². The number of urea groups is 1. The number of H-pyrrole nitrogens is 1. The summed E-state index contributed by atoms with van der Waals surface area (Å²) in [6, 6.07) is 8.38. The quantitative estimate of drug-likeness (QED) is 0.0830. The number of thioether (sulfide) groups is 1. The molecule has 2 fully saturated rings. The molecule has 41 heavy (non-hydrogen) atoms. The van der Waals surface area contributed by atoms with E-state index in [0.717, 1.165) is 76.5 Å². The van der Waals surface area contributed by atoms with Gasteiger partial charge in [0.05, 0.1) is 23.1 Å². The molecule has 3 aromatic rings. The van der Waals surface area contributed by atoms with E-state index in [4.69, 9.17) is 9.47 Å². The molecule has 4 atom stereocenters. The number of hydrogen-bond acceptors (Lipinski definition) is 5. The number of aromatic nitrogens is 1. The van der Waals surface area contributed by atoms with Crippen LogP contribution in [0.15, 0.2) is 42.0 Å². The number of nitrogens with one attached hydrogen (secondary N) is 3. The highest BCUT2D eigenvalue weighted by molar-refractivity contribution is 8.00. The molecule has 8 heteroatoms. The molecule has 7 nitrogen and oxygen atoms in total. The Morgan fingerprint density at radius 1 is 1.20 bits per heavy atom. The lowest BCUT2D eigenvalue weighted by Crippen LogP contribution is -2.36. The van der Waals surface area contributed by atoms with Crippen molar-refractivity contribution < 1.29 is 19.1 Å². The summed E-state index contributed by atoms with van der Waals surface area (Å²) < 4.78 is 12.3. The highest BCUT2D eigenvalue weighted by Crippen LogP contribution is 2.42. The molecule has 0 radical (unpaired) electrons. The van der Waals surface area contributed by atoms with Gasteiger partial charge in [-0.3, -0.25) is 4.79 Å². The molecule has 1 aromatic heterocycles. The van der Waals surface area contributed by atoms with Gasteiger partial charge in [0.15, 0.2) is 0 Å². The molecule has 3 N–H and O–H groups in total. The average Bonchev–Trinajstić information content (AvgIpc) is 3.58. The number of rotatable bonds is 9. The van der Waals surface area contributed by atoms with E-state index in [1.807, 2.05) is 30.0 Å². The zero-order valence-electron chi connectivity index (χ0n) is 24.3. The summed E-state index contributed by atoms with van der Waals surface area (Å²) in [5, 5.41) is 8.64. The Balaban J connectivity index is 1.10. The van der Waals surface area contributed by atoms with Crippen molar-refractivity contribution >= 4 is 51.6 Å².